The van der Waals surface area contributed by atoms with Gasteiger partial charge in [-0.3, -0.25) is 0 Å². The highest BCUT2D eigenvalue weighted by molar-refractivity contribution is 9.10. The number of nitrogens with two attached hydrogens (primary N) is 1. The molecule has 0 saturated carbocycles. The number of rotatable bonds is 8. The molecule has 0 amide bonds. The molecule has 10 nitrogen and oxygen atoms in total. The average molecular weight is 649 g/mol. The Morgan fingerprint density at radius 1 is 1.07 bits per heavy atom. The number of hydrogen-bond donors (Lipinski definition) is 1. The van der Waals surface area contributed by atoms with E-state index < -0.39 is 45.7 Å². The van der Waals surface area contributed by atoms with E-state index >= 15 is 0 Å². The van der Waals surface area contributed by atoms with Crippen molar-refractivity contribution in [2.24, 2.45) is 7.05 Å². The summed E-state index contributed by atoms with van der Waals surface area (Å²) in [5.74, 6) is -2.32. The van der Waals surface area contributed by atoms with Crippen LogP contribution in [0.1, 0.15) is 29.8 Å². The van der Waals surface area contributed by atoms with Crippen LogP contribution in [0.5, 0.6) is 11.6 Å². The number of anilines is 1. The van der Waals surface area contributed by atoms with E-state index in [9.17, 15) is 30.4 Å². The van der Waals surface area contributed by atoms with Gasteiger partial charge in [-0.2, -0.15) is 36.6 Å². The molecule has 0 fully saturated rings. The topological polar surface area (TPSA) is 135 Å². The molecule has 0 bridgehead atoms. The SMILES string of the molecule is C[C@@H](Oc1cc(Br)cnc1N)c1ccc(F)cc1-c1nn(C)nc1Cc1cc(F)cnc1OS(=O)(=O)C(F)(F)F. The summed E-state index contributed by atoms with van der Waals surface area (Å²) in [6.45, 7) is 1.65. The minimum atomic E-state index is -6.11. The van der Waals surface area contributed by atoms with Crippen LogP contribution in [0.25, 0.3) is 11.3 Å². The van der Waals surface area contributed by atoms with Gasteiger partial charge in [0.2, 0.25) is 5.88 Å². The molecule has 212 valence electrons. The first-order chi connectivity index (χ1) is 18.6. The Hall–Kier alpha value is -3.86. The van der Waals surface area contributed by atoms with E-state index in [1.54, 1.807) is 13.0 Å². The number of halogens is 6. The highest BCUT2D eigenvalue weighted by Gasteiger charge is 2.49. The van der Waals surface area contributed by atoms with Crippen molar-refractivity contribution in [2.45, 2.75) is 25.0 Å². The van der Waals surface area contributed by atoms with E-state index in [1.807, 2.05) is 0 Å². The minimum absolute atomic E-state index is 0.0202. The summed E-state index contributed by atoms with van der Waals surface area (Å²) in [5.41, 5.74) is 0.436. The highest BCUT2D eigenvalue weighted by Crippen LogP contribution is 2.36. The van der Waals surface area contributed by atoms with Gasteiger partial charge in [0.15, 0.2) is 11.6 Å². The first-order valence-electron chi connectivity index (χ1n) is 11.1. The van der Waals surface area contributed by atoms with Crippen molar-refractivity contribution in [2.75, 3.05) is 5.73 Å². The predicted octanol–water partition coefficient (Wildman–Crippen LogP) is 4.85. The molecule has 3 heterocycles. The molecule has 0 spiro atoms. The third-order valence-electron chi connectivity index (χ3n) is 5.37. The van der Waals surface area contributed by atoms with Gasteiger partial charge >= 0.3 is 15.6 Å². The Labute approximate surface area is 232 Å². The molecule has 1 aromatic carbocycles. The summed E-state index contributed by atoms with van der Waals surface area (Å²) >= 11 is 3.28. The number of benzene rings is 1. The molecule has 0 aliphatic carbocycles. The van der Waals surface area contributed by atoms with Crippen LogP contribution in [0.2, 0.25) is 0 Å². The van der Waals surface area contributed by atoms with Crippen LogP contribution in [0.3, 0.4) is 0 Å². The molecule has 3 aromatic heterocycles. The van der Waals surface area contributed by atoms with Crippen LogP contribution in [-0.4, -0.2) is 38.9 Å². The third kappa shape index (κ3) is 6.30. The molecule has 17 heteroatoms. The zero-order valence-electron chi connectivity index (χ0n) is 20.4. The van der Waals surface area contributed by atoms with Gasteiger partial charge in [-0.1, -0.05) is 6.07 Å². The van der Waals surface area contributed by atoms with Gasteiger partial charge in [-0.05, 0) is 47.1 Å². The Balaban J connectivity index is 1.76. The number of pyridine rings is 2. The first kappa shape index (κ1) is 29.1. The van der Waals surface area contributed by atoms with E-state index in [2.05, 4.69) is 40.3 Å². The molecule has 0 aliphatic heterocycles. The lowest BCUT2D eigenvalue weighted by atomic mass is 9.97. The van der Waals surface area contributed by atoms with Crippen LogP contribution in [0.4, 0.5) is 27.8 Å². The number of hydrogen-bond acceptors (Lipinski definition) is 9. The molecule has 0 saturated heterocycles. The van der Waals surface area contributed by atoms with Crippen molar-refractivity contribution < 1.29 is 39.3 Å². The van der Waals surface area contributed by atoms with Gasteiger partial charge in [0.05, 0.1) is 11.9 Å². The lowest BCUT2D eigenvalue weighted by Gasteiger charge is -2.19. The Bertz CT molecular complexity index is 1680. The van der Waals surface area contributed by atoms with Crippen molar-refractivity contribution in [1.29, 1.82) is 0 Å². The van der Waals surface area contributed by atoms with Crippen molar-refractivity contribution in [3.63, 3.8) is 0 Å². The van der Waals surface area contributed by atoms with Gasteiger partial charge in [0.1, 0.15) is 23.4 Å². The Morgan fingerprint density at radius 3 is 2.50 bits per heavy atom. The lowest BCUT2D eigenvalue weighted by molar-refractivity contribution is -0.0501. The molecule has 4 aromatic rings. The first-order valence-corrected chi connectivity index (χ1v) is 13.3. The standard InChI is InChI=1S/C23H18BrF5N6O4S/c1-11(38-19-7-13(24)9-31-21(19)30)16-4-3-14(25)8-17(16)20-18(33-35(2)34-20)6-12-5-15(26)10-32-22(12)39-40(36,37)23(27,28)29/h3-5,7-11H,6H2,1-2H3,(H2,30,31)/t11-/m1/s1. The summed E-state index contributed by atoms with van der Waals surface area (Å²) in [4.78, 5) is 8.47. The molecule has 2 N–H and O–H groups in total. The van der Waals surface area contributed by atoms with Crippen LogP contribution < -0.4 is 14.7 Å². The molecule has 0 aliphatic rings. The van der Waals surface area contributed by atoms with Crippen molar-refractivity contribution in [1.82, 2.24) is 25.0 Å². The summed E-state index contributed by atoms with van der Waals surface area (Å²) in [6.07, 6.45) is 0.732. The van der Waals surface area contributed by atoms with Crippen LogP contribution in [-0.2, 0) is 23.6 Å². The maximum Gasteiger partial charge on any atom is 0.534 e. The zero-order valence-corrected chi connectivity index (χ0v) is 22.9. The average Bonchev–Trinajstić information content (AvgIpc) is 3.22. The summed E-state index contributed by atoms with van der Waals surface area (Å²) in [7, 11) is -4.68. The molecular formula is C23H18BrF5N6O4S. The van der Waals surface area contributed by atoms with E-state index in [-0.39, 0.29) is 34.1 Å². The van der Waals surface area contributed by atoms with Crippen molar-refractivity contribution in [3.05, 3.63) is 75.7 Å². The smallest absolute Gasteiger partial charge is 0.482 e. The van der Waals surface area contributed by atoms with Crippen LogP contribution in [0, 0.1) is 11.6 Å². The molecule has 0 unspecified atom stereocenters. The Morgan fingerprint density at radius 2 is 1.80 bits per heavy atom. The van der Waals surface area contributed by atoms with Gasteiger partial charge in [0.25, 0.3) is 0 Å². The largest absolute Gasteiger partial charge is 0.534 e. The van der Waals surface area contributed by atoms with Gasteiger partial charge in [0, 0.05) is 40.8 Å². The fourth-order valence-electron chi connectivity index (χ4n) is 3.64. The number of ether oxygens (including phenoxy) is 1. The van der Waals surface area contributed by atoms with Crippen molar-refractivity contribution in [3.8, 4) is 22.9 Å². The molecule has 40 heavy (non-hydrogen) atoms. The second-order valence-corrected chi connectivity index (χ2v) is 10.7. The predicted molar refractivity (Wildman–Crippen MR) is 134 cm³/mol. The summed E-state index contributed by atoms with van der Waals surface area (Å²) in [6, 6.07) is 6.09. The van der Waals surface area contributed by atoms with E-state index in [0.29, 0.717) is 16.2 Å². The maximum atomic E-state index is 14.4. The van der Waals surface area contributed by atoms with E-state index in [0.717, 1.165) is 16.9 Å². The number of aromatic nitrogens is 5. The highest BCUT2D eigenvalue weighted by atomic mass is 79.9. The normalized spacial score (nSPS) is 12.8. The second-order valence-electron chi connectivity index (χ2n) is 8.29. The molecule has 0 radical (unpaired) electrons. The second kappa shape index (κ2) is 11.0. The van der Waals surface area contributed by atoms with E-state index in [4.69, 9.17) is 10.5 Å². The molecule has 4 rings (SSSR count). The van der Waals surface area contributed by atoms with Crippen LogP contribution in [0.15, 0.2) is 47.2 Å². The van der Waals surface area contributed by atoms with Crippen LogP contribution >= 0.6 is 15.9 Å². The minimum Gasteiger partial charge on any atom is -0.482 e. The fourth-order valence-corrected chi connectivity index (χ4v) is 4.41. The summed E-state index contributed by atoms with van der Waals surface area (Å²) < 4.78 is 101. The van der Waals surface area contributed by atoms with Gasteiger partial charge < -0.3 is 14.7 Å². The van der Waals surface area contributed by atoms with Crippen molar-refractivity contribution >= 4 is 31.9 Å². The molecular weight excluding hydrogens is 631 g/mol. The number of nitrogen functional groups attached to an aromatic ring is 1. The number of alkyl halides is 3. The lowest BCUT2D eigenvalue weighted by Crippen LogP contribution is -2.28. The summed E-state index contributed by atoms with van der Waals surface area (Å²) in [5, 5.41) is 8.42. The third-order valence-corrected chi connectivity index (χ3v) is 6.74. The fraction of sp³-hybridized carbons (Fsp3) is 0.217. The quantitative estimate of drug-likeness (QED) is 0.161. The van der Waals surface area contributed by atoms with Gasteiger partial charge in [-0.15, -0.1) is 0 Å². The Kier molecular flexibility index (Phi) is 7.98. The zero-order chi connectivity index (χ0) is 29.4. The number of aryl methyl sites for hydroxylation is 1. The maximum absolute atomic E-state index is 14.4. The van der Waals surface area contributed by atoms with Gasteiger partial charge in [-0.25, -0.2) is 18.7 Å². The number of nitrogens with zero attached hydrogens (tertiary/aromatic N) is 5. The molecule has 1 atom stereocenters. The monoisotopic (exact) mass is 648 g/mol. The van der Waals surface area contributed by atoms with E-state index in [1.165, 1.54) is 25.4 Å².